The van der Waals surface area contributed by atoms with Gasteiger partial charge in [-0.3, -0.25) is 10.1 Å². The summed E-state index contributed by atoms with van der Waals surface area (Å²) in [4.78, 5) is 10.5. The van der Waals surface area contributed by atoms with E-state index < -0.39 is 0 Å². The van der Waals surface area contributed by atoms with E-state index in [2.05, 4.69) is 12.2 Å². The summed E-state index contributed by atoms with van der Waals surface area (Å²) in [6.07, 6.45) is 3.75. The molecule has 1 N–H and O–H groups in total. The zero-order valence-corrected chi connectivity index (χ0v) is 9.35. The number of nitrogens with one attached hydrogen (secondary N) is 1. The van der Waals surface area contributed by atoms with Crippen LogP contribution in [-0.4, -0.2) is 11.0 Å². The molecule has 1 unspecified atom stereocenters. The second-order valence-electron chi connectivity index (χ2n) is 4.40. The van der Waals surface area contributed by atoms with E-state index in [0.717, 1.165) is 0 Å². The van der Waals surface area contributed by atoms with Gasteiger partial charge in [-0.1, -0.05) is 18.6 Å². The van der Waals surface area contributed by atoms with E-state index in [1.54, 1.807) is 12.1 Å². The summed E-state index contributed by atoms with van der Waals surface area (Å²) < 4.78 is 0. The van der Waals surface area contributed by atoms with Crippen LogP contribution in [0, 0.1) is 16.0 Å². The fourth-order valence-corrected chi connectivity index (χ4v) is 2.06. The molecule has 86 valence electrons. The molecule has 0 amide bonds. The van der Waals surface area contributed by atoms with Gasteiger partial charge in [-0.15, -0.1) is 0 Å². The number of nitrogens with zero attached hydrogens (tertiary/aromatic N) is 1. The first-order valence-corrected chi connectivity index (χ1v) is 5.68. The van der Waals surface area contributed by atoms with Crippen LogP contribution < -0.4 is 5.32 Å². The number of rotatable bonds is 4. The highest BCUT2D eigenvalue weighted by Crippen LogP contribution is 2.32. The molecule has 2 rings (SSSR count). The topological polar surface area (TPSA) is 55.2 Å². The van der Waals surface area contributed by atoms with E-state index in [9.17, 15) is 10.1 Å². The number of nitro benzene ring substituents is 1. The molecule has 1 aromatic carbocycles. The molecule has 1 saturated carbocycles. The predicted octanol–water partition coefficient (Wildman–Crippen LogP) is 3.20. The van der Waals surface area contributed by atoms with Crippen molar-refractivity contribution < 1.29 is 4.92 Å². The van der Waals surface area contributed by atoms with Crippen LogP contribution in [0.4, 0.5) is 11.4 Å². The van der Waals surface area contributed by atoms with E-state index in [1.165, 1.54) is 25.3 Å². The Labute approximate surface area is 94.8 Å². The van der Waals surface area contributed by atoms with E-state index in [4.69, 9.17) is 0 Å². The van der Waals surface area contributed by atoms with E-state index in [1.807, 2.05) is 6.07 Å². The normalized spacial score (nSPS) is 17.6. The molecule has 0 bridgehead atoms. The fraction of sp³-hybridized carbons (Fsp3) is 0.500. The molecule has 1 aromatic rings. The van der Waals surface area contributed by atoms with Gasteiger partial charge in [-0.25, -0.2) is 0 Å². The highest BCUT2D eigenvalue weighted by molar-refractivity contribution is 5.61. The summed E-state index contributed by atoms with van der Waals surface area (Å²) >= 11 is 0. The van der Waals surface area contributed by atoms with Crippen LogP contribution in [0.1, 0.15) is 26.2 Å². The molecule has 0 aromatic heterocycles. The Kier molecular flexibility index (Phi) is 3.08. The maximum Gasteiger partial charge on any atom is 0.292 e. The molecule has 1 atom stereocenters. The van der Waals surface area contributed by atoms with Crippen LogP contribution in [-0.2, 0) is 0 Å². The first kappa shape index (κ1) is 10.9. The lowest BCUT2D eigenvalue weighted by Gasteiger charge is -2.32. The molecule has 16 heavy (non-hydrogen) atoms. The van der Waals surface area contributed by atoms with Gasteiger partial charge in [0, 0.05) is 12.1 Å². The van der Waals surface area contributed by atoms with Crippen molar-refractivity contribution in [3.8, 4) is 0 Å². The van der Waals surface area contributed by atoms with Gasteiger partial charge < -0.3 is 5.32 Å². The van der Waals surface area contributed by atoms with Crippen molar-refractivity contribution >= 4 is 11.4 Å². The Morgan fingerprint density at radius 1 is 1.44 bits per heavy atom. The number of hydrogen-bond acceptors (Lipinski definition) is 3. The quantitative estimate of drug-likeness (QED) is 0.626. The SMILES string of the molecule is CC(Nc1ccccc1[N+](=O)[O-])C1CCC1. The molecule has 1 fully saturated rings. The van der Waals surface area contributed by atoms with Gasteiger partial charge in [0.2, 0.25) is 0 Å². The third-order valence-corrected chi connectivity index (χ3v) is 3.34. The number of para-hydroxylation sites is 2. The highest BCUT2D eigenvalue weighted by atomic mass is 16.6. The van der Waals surface area contributed by atoms with Gasteiger partial charge in [-0.05, 0) is 31.7 Å². The zero-order valence-electron chi connectivity index (χ0n) is 9.35. The Balaban J connectivity index is 2.10. The van der Waals surface area contributed by atoms with Gasteiger partial charge in [-0.2, -0.15) is 0 Å². The van der Waals surface area contributed by atoms with Crippen LogP contribution in [0.15, 0.2) is 24.3 Å². The number of nitro groups is 1. The molecule has 4 heteroatoms. The zero-order chi connectivity index (χ0) is 11.5. The van der Waals surface area contributed by atoms with Crippen LogP contribution in [0.5, 0.6) is 0 Å². The van der Waals surface area contributed by atoms with E-state index in [0.29, 0.717) is 17.6 Å². The molecular weight excluding hydrogens is 204 g/mol. The van der Waals surface area contributed by atoms with Crippen molar-refractivity contribution in [2.45, 2.75) is 32.2 Å². The average Bonchev–Trinajstić information content (AvgIpc) is 2.15. The smallest absolute Gasteiger partial charge is 0.292 e. The Morgan fingerprint density at radius 2 is 2.12 bits per heavy atom. The fourth-order valence-electron chi connectivity index (χ4n) is 2.06. The molecular formula is C12H16N2O2. The number of hydrogen-bond donors (Lipinski definition) is 1. The molecule has 1 aliphatic rings. The van der Waals surface area contributed by atoms with E-state index >= 15 is 0 Å². The summed E-state index contributed by atoms with van der Waals surface area (Å²) in [5.74, 6) is 0.666. The Bertz CT molecular complexity index is 388. The first-order valence-electron chi connectivity index (χ1n) is 5.68. The largest absolute Gasteiger partial charge is 0.377 e. The molecule has 0 aliphatic heterocycles. The number of benzene rings is 1. The molecule has 0 radical (unpaired) electrons. The van der Waals surface area contributed by atoms with Gasteiger partial charge in [0.1, 0.15) is 5.69 Å². The monoisotopic (exact) mass is 220 g/mol. The second kappa shape index (κ2) is 4.51. The summed E-state index contributed by atoms with van der Waals surface area (Å²) in [6.45, 7) is 2.10. The summed E-state index contributed by atoms with van der Waals surface area (Å²) in [5.41, 5.74) is 0.792. The minimum absolute atomic E-state index is 0.161. The van der Waals surface area contributed by atoms with E-state index in [-0.39, 0.29) is 10.6 Å². The maximum atomic E-state index is 10.8. The second-order valence-corrected chi connectivity index (χ2v) is 4.40. The number of anilines is 1. The third-order valence-electron chi connectivity index (χ3n) is 3.34. The first-order chi connectivity index (χ1) is 7.68. The average molecular weight is 220 g/mol. The Morgan fingerprint density at radius 3 is 2.69 bits per heavy atom. The van der Waals surface area contributed by atoms with Gasteiger partial charge in [0.25, 0.3) is 5.69 Å². The van der Waals surface area contributed by atoms with Crippen LogP contribution >= 0.6 is 0 Å². The lowest BCUT2D eigenvalue weighted by Crippen LogP contribution is -2.30. The molecule has 1 aliphatic carbocycles. The summed E-state index contributed by atoms with van der Waals surface area (Å²) in [6, 6.07) is 7.14. The molecule has 0 heterocycles. The minimum atomic E-state index is -0.337. The van der Waals surface area contributed by atoms with Gasteiger partial charge in [0.15, 0.2) is 0 Å². The van der Waals surface area contributed by atoms with Crippen molar-refractivity contribution in [3.05, 3.63) is 34.4 Å². The van der Waals surface area contributed by atoms with Crippen molar-refractivity contribution in [2.75, 3.05) is 5.32 Å². The lowest BCUT2D eigenvalue weighted by atomic mass is 9.80. The van der Waals surface area contributed by atoms with Gasteiger partial charge in [0.05, 0.1) is 4.92 Å². The standard InChI is InChI=1S/C12H16N2O2/c1-9(10-5-4-6-10)13-11-7-2-3-8-12(11)14(15)16/h2-3,7-10,13H,4-6H2,1H3. The minimum Gasteiger partial charge on any atom is -0.377 e. The van der Waals surface area contributed by atoms with Crippen molar-refractivity contribution in [1.29, 1.82) is 0 Å². The van der Waals surface area contributed by atoms with Crippen molar-refractivity contribution in [3.63, 3.8) is 0 Å². The van der Waals surface area contributed by atoms with Crippen molar-refractivity contribution in [1.82, 2.24) is 0 Å². The lowest BCUT2D eigenvalue weighted by molar-refractivity contribution is -0.384. The summed E-state index contributed by atoms with van der Waals surface area (Å²) in [5, 5.41) is 14.1. The predicted molar refractivity (Wildman–Crippen MR) is 63.5 cm³/mol. The summed E-state index contributed by atoms with van der Waals surface area (Å²) in [7, 11) is 0. The third kappa shape index (κ3) is 2.15. The molecule has 0 spiro atoms. The van der Waals surface area contributed by atoms with Crippen LogP contribution in [0.3, 0.4) is 0 Å². The van der Waals surface area contributed by atoms with Crippen LogP contribution in [0.25, 0.3) is 0 Å². The van der Waals surface area contributed by atoms with Gasteiger partial charge >= 0.3 is 0 Å². The highest BCUT2D eigenvalue weighted by Gasteiger charge is 2.25. The maximum absolute atomic E-state index is 10.8. The van der Waals surface area contributed by atoms with Crippen LogP contribution in [0.2, 0.25) is 0 Å². The molecule has 4 nitrogen and oxygen atoms in total. The molecule has 0 saturated heterocycles. The van der Waals surface area contributed by atoms with Crippen molar-refractivity contribution in [2.24, 2.45) is 5.92 Å². The Hall–Kier alpha value is -1.58.